The number of benzene rings is 1. The van der Waals surface area contributed by atoms with Crippen LogP contribution in [0.1, 0.15) is 28.8 Å². The molecule has 7 heteroatoms. The van der Waals surface area contributed by atoms with Crippen LogP contribution >= 0.6 is 12.4 Å². The number of amides is 2. The summed E-state index contributed by atoms with van der Waals surface area (Å²) in [5.74, 6) is 0.153. The van der Waals surface area contributed by atoms with E-state index in [0.29, 0.717) is 37.8 Å². The number of carbonyl (C=O) groups is 2. The van der Waals surface area contributed by atoms with Crippen LogP contribution in [0, 0.1) is 0 Å². The minimum absolute atomic E-state index is 0. The summed E-state index contributed by atoms with van der Waals surface area (Å²) in [6.07, 6.45) is 2.22. The van der Waals surface area contributed by atoms with Crippen LogP contribution in [-0.2, 0) is 11.3 Å². The van der Waals surface area contributed by atoms with Gasteiger partial charge in [-0.05, 0) is 30.5 Å². The fourth-order valence-electron chi connectivity index (χ4n) is 2.78. The molecule has 0 atom stereocenters. The van der Waals surface area contributed by atoms with E-state index in [9.17, 15) is 9.59 Å². The van der Waals surface area contributed by atoms with Gasteiger partial charge in [0, 0.05) is 44.3 Å². The lowest BCUT2D eigenvalue weighted by molar-refractivity contribution is -0.122. The average molecular weight is 353 g/mol. The van der Waals surface area contributed by atoms with Gasteiger partial charge in [-0.25, -0.2) is 0 Å². The zero-order valence-electron chi connectivity index (χ0n) is 13.7. The van der Waals surface area contributed by atoms with E-state index in [4.69, 9.17) is 5.73 Å². The quantitative estimate of drug-likeness (QED) is 0.813. The molecule has 0 radical (unpaired) electrons. The van der Waals surface area contributed by atoms with Gasteiger partial charge in [0.2, 0.25) is 5.91 Å². The lowest BCUT2D eigenvalue weighted by Gasteiger charge is -2.34. The van der Waals surface area contributed by atoms with Crippen LogP contribution in [0.3, 0.4) is 0 Å². The molecule has 3 rings (SSSR count). The van der Waals surface area contributed by atoms with E-state index in [1.54, 1.807) is 0 Å². The number of hydrogen-bond donors (Lipinski definition) is 2. The maximum absolute atomic E-state index is 12.5. The zero-order valence-corrected chi connectivity index (χ0v) is 14.6. The molecule has 1 aliphatic carbocycles. The summed E-state index contributed by atoms with van der Waals surface area (Å²) in [5, 5.41) is 3.00. The van der Waals surface area contributed by atoms with Crippen LogP contribution < -0.4 is 11.1 Å². The molecule has 1 saturated carbocycles. The van der Waals surface area contributed by atoms with Gasteiger partial charge in [0.05, 0.1) is 6.54 Å². The Hall–Kier alpha value is -1.63. The van der Waals surface area contributed by atoms with Gasteiger partial charge in [-0.3, -0.25) is 14.5 Å². The van der Waals surface area contributed by atoms with Crippen molar-refractivity contribution in [3.8, 4) is 0 Å². The number of nitrogens with zero attached hydrogens (tertiary/aromatic N) is 2. The fourth-order valence-corrected chi connectivity index (χ4v) is 2.78. The maximum atomic E-state index is 12.5. The van der Waals surface area contributed by atoms with Gasteiger partial charge in [0.15, 0.2) is 0 Å². The number of carbonyl (C=O) groups excluding carboxylic acids is 2. The number of nitrogens with one attached hydrogen (secondary N) is 1. The Morgan fingerprint density at radius 2 is 1.71 bits per heavy atom. The van der Waals surface area contributed by atoms with E-state index in [1.165, 1.54) is 0 Å². The first-order valence-corrected chi connectivity index (χ1v) is 8.25. The van der Waals surface area contributed by atoms with Crippen molar-refractivity contribution < 1.29 is 9.59 Å². The zero-order chi connectivity index (χ0) is 16.2. The predicted molar refractivity (Wildman–Crippen MR) is 95.1 cm³/mol. The van der Waals surface area contributed by atoms with E-state index in [0.717, 1.165) is 31.5 Å². The Balaban J connectivity index is 0.00000208. The van der Waals surface area contributed by atoms with Gasteiger partial charge in [-0.1, -0.05) is 12.1 Å². The minimum atomic E-state index is 0. The van der Waals surface area contributed by atoms with Crippen LogP contribution in [0.15, 0.2) is 24.3 Å². The van der Waals surface area contributed by atoms with Crippen molar-refractivity contribution in [2.45, 2.75) is 25.4 Å². The average Bonchev–Trinajstić information content (AvgIpc) is 3.39. The first kappa shape index (κ1) is 18.7. The molecule has 6 nitrogen and oxygen atoms in total. The predicted octanol–water partition coefficient (Wildman–Crippen LogP) is 0.603. The molecule has 0 aromatic heterocycles. The van der Waals surface area contributed by atoms with Crippen molar-refractivity contribution in [2.75, 3.05) is 32.7 Å². The normalized spacial score (nSPS) is 18.0. The highest BCUT2D eigenvalue weighted by Crippen LogP contribution is 2.18. The first-order valence-electron chi connectivity index (χ1n) is 8.25. The van der Waals surface area contributed by atoms with Crippen LogP contribution in [0.25, 0.3) is 0 Å². The maximum Gasteiger partial charge on any atom is 0.253 e. The van der Waals surface area contributed by atoms with Gasteiger partial charge in [0.25, 0.3) is 5.91 Å². The molecule has 2 amide bonds. The fraction of sp³-hybridized carbons (Fsp3) is 0.529. The lowest BCUT2D eigenvalue weighted by Crippen LogP contribution is -2.51. The molecule has 1 aliphatic heterocycles. The molecular weight excluding hydrogens is 328 g/mol. The van der Waals surface area contributed by atoms with Gasteiger partial charge < -0.3 is 16.0 Å². The van der Waals surface area contributed by atoms with Crippen molar-refractivity contribution in [1.29, 1.82) is 0 Å². The minimum Gasteiger partial charge on any atom is -0.352 e. The number of rotatable bonds is 5. The summed E-state index contributed by atoms with van der Waals surface area (Å²) in [4.78, 5) is 28.3. The molecule has 2 fully saturated rings. The molecule has 1 aromatic rings. The summed E-state index contributed by atoms with van der Waals surface area (Å²) in [7, 11) is 0. The summed E-state index contributed by atoms with van der Waals surface area (Å²) in [5.41, 5.74) is 7.29. The third-order valence-electron chi connectivity index (χ3n) is 4.41. The van der Waals surface area contributed by atoms with Crippen LogP contribution in [-0.4, -0.2) is 60.4 Å². The monoisotopic (exact) mass is 352 g/mol. The Labute approximate surface area is 148 Å². The summed E-state index contributed by atoms with van der Waals surface area (Å²) >= 11 is 0. The number of hydrogen-bond acceptors (Lipinski definition) is 4. The van der Waals surface area contributed by atoms with Crippen LogP contribution in [0.4, 0.5) is 0 Å². The standard InChI is InChI=1S/C17H24N4O2.ClH/c18-11-13-1-3-14(4-2-13)17(23)21-9-7-20(8-10-21)12-16(22)19-15-5-6-15;/h1-4,15H,5-12,18H2,(H,19,22);1H. The van der Waals surface area contributed by atoms with E-state index in [1.807, 2.05) is 29.2 Å². The van der Waals surface area contributed by atoms with Gasteiger partial charge in [0.1, 0.15) is 0 Å². The van der Waals surface area contributed by atoms with Gasteiger partial charge >= 0.3 is 0 Å². The van der Waals surface area contributed by atoms with E-state index >= 15 is 0 Å². The Bertz CT molecular complexity index is 566. The molecule has 0 spiro atoms. The third kappa shape index (κ3) is 4.93. The molecule has 1 aromatic carbocycles. The highest BCUT2D eigenvalue weighted by molar-refractivity contribution is 5.94. The van der Waals surface area contributed by atoms with E-state index in [2.05, 4.69) is 10.2 Å². The first-order chi connectivity index (χ1) is 11.2. The Morgan fingerprint density at radius 3 is 2.25 bits per heavy atom. The van der Waals surface area contributed by atoms with E-state index < -0.39 is 0 Å². The number of nitrogens with two attached hydrogens (primary N) is 1. The highest BCUT2D eigenvalue weighted by atomic mass is 35.5. The van der Waals surface area contributed by atoms with Crippen molar-refractivity contribution in [2.24, 2.45) is 5.73 Å². The van der Waals surface area contributed by atoms with Gasteiger partial charge in [-0.15, -0.1) is 12.4 Å². The smallest absolute Gasteiger partial charge is 0.253 e. The van der Waals surface area contributed by atoms with Crippen molar-refractivity contribution in [1.82, 2.24) is 15.1 Å². The summed E-state index contributed by atoms with van der Waals surface area (Å²) < 4.78 is 0. The van der Waals surface area contributed by atoms with Crippen LogP contribution in [0.2, 0.25) is 0 Å². The lowest BCUT2D eigenvalue weighted by atomic mass is 10.1. The summed E-state index contributed by atoms with van der Waals surface area (Å²) in [6, 6.07) is 7.86. The second-order valence-electron chi connectivity index (χ2n) is 6.31. The molecule has 24 heavy (non-hydrogen) atoms. The molecular formula is C17H25ClN4O2. The summed E-state index contributed by atoms with van der Waals surface area (Å²) in [6.45, 7) is 3.72. The second-order valence-corrected chi connectivity index (χ2v) is 6.31. The van der Waals surface area contributed by atoms with E-state index in [-0.39, 0.29) is 24.2 Å². The Kier molecular flexibility index (Phi) is 6.60. The molecule has 132 valence electrons. The van der Waals surface area contributed by atoms with Crippen molar-refractivity contribution in [3.63, 3.8) is 0 Å². The van der Waals surface area contributed by atoms with Gasteiger partial charge in [-0.2, -0.15) is 0 Å². The van der Waals surface area contributed by atoms with Crippen molar-refractivity contribution in [3.05, 3.63) is 35.4 Å². The molecule has 2 aliphatic rings. The molecule has 0 bridgehead atoms. The largest absolute Gasteiger partial charge is 0.352 e. The molecule has 0 unspecified atom stereocenters. The second kappa shape index (κ2) is 8.46. The van der Waals surface area contributed by atoms with Crippen LogP contribution in [0.5, 0.6) is 0 Å². The number of piperazine rings is 1. The number of halogens is 1. The SMILES string of the molecule is Cl.NCc1ccc(C(=O)N2CCN(CC(=O)NC3CC3)CC2)cc1. The third-order valence-corrected chi connectivity index (χ3v) is 4.41. The molecule has 1 heterocycles. The van der Waals surface area contributed by atoms with Crippen molar-refractivity contribution >= 4 is 24.2 Å². The molecule has 3 N–H and O–H groups in total. The molecule has 1 saturated heterocycles. The highest BCUT2D eigenvalue weighted by Gasteiger charge is 2.26. The topological polar surface area (TPSA) is 78.7 Å². The Morgan fingerprint density at radius 1 is 1.08 bits per heavy atom.